The molecule has 1 amide bonds. The summed E-state index contributed by atoms with van der Waals surface area (Å²) in [4.78, 5) is 21.9. The number of hydrogen-bond acceptors (Lipinski definition) is 6. The minimum absolute atomic E-state index is 0.117. The first kappa shape index (κ1) is 21.4. The van der Waals surface area contributed by atoms with Gasteiger partial charge in [0.05, 0.1) is 12.1 Å². The predicted octanol–water partition coefficient (Wildman–Crippen LogP) is 4.51. The molecule has 1 spiro atoms. The summed E-state index contributed by atoms with van der Waals surface area (Å²) in [5.74, 6) is 1.32. The number of ether oxygens (including phenoxy) is 2. The highest BCUT2D eigenvalue weighted by Gasteiger charge is 2.42. The number of anilines is 1. The molecule has 0 radical (unpaired) electrons. The summed E-state index contributed by atoms with van der Waals surface area (Å²) in [6, 6.07) is 7.50. The van der Waals surface area contributed by atoms with Gasteiger partial charge in [0.2, 0.25) is 5.91 Å². The number of nitrogens with zero attached hydrogens (tertiary/aromatic N) is 4. The van der Waals surface area contributed by atoms with Gasteiger partial charge in [0.25, 0.3) is 11.7 Å². The zero-order chi connectivity index (χ0) is 23.2. The number of aryl methyl sites for hydroxylation is 3. The molecule has 3 aromatic rings. The van der Waals surface area contributed by atoms with E-state index in [0.29, 0.717) is 17.4 Å². The molecule has 1 fully saturated rings. The molecule has 1 N–H and O–H groups in total. The quantitative estimate of drug-likeness (QED) is 0.633. The van der Waals surface area contributed by atoms with Crippen LogP contribution < -0.4 is 14.8 Å². The summed E-state index contributed by atoms with van der Waals surface area (Å²) in [7, 11) is 0. The molecule has 8 nitrogen and oxygen atoms in total. The average molecular weight is 448 g/mol. The van der Waals surface area contributed by atoms with Crippen LogP contribution in [0.3, 0.4) is 0 Å². The highest BCUT2D eigenvalue weighted by molar-refractivity contribution is 5.93. The van der Waals surface area contributed by atoms with Crippen molar-refractivity contribution < 1.29 is 14.3 Å². The Bertz CT molecular complexity index is 1210. The molecule has 0 saturated heterocycles. The number of benzene rings is 1. The van der Waals surface area contributed by atoms with Gasteiger partial charge in [-0.3, -0.25) is 4.79 Å². The molecular formula is C25H29N5O3. The molecule has 1 aromatic carbocycles. The average Bonchev–Trinajstić information content (AvgIpc) is 3.24. The van der Waals surface area contributed by atoms with Crippen molar-refractivity contribution in [3.05, 3.63) is 52.6 Å². The van der Waals surface area contributed by atoms with E-state index in [1.54, 1.807) is 4.68 Å². The maximum atomic E-state index is 12.9. The van der Waals surface area contributed by atoms with Crippen molar-refractivity contribution in [2.45, 2.75) is 72.0 Å². The fourth-order valence-corrected chi connectivity index (χ4v) is 4.76. The first-order valence-electron chi connectivity index (χ1n) is 11.5. The molecule has 2 aromatic heterocycles. The van der Waals surface area contributed by atoms with E-state index in [1.807, 2.05) is 52.0 Å². The largest absolute Gasteiger partial charge is 0.448 e. The number of nitrogens with one attached hydrogen (secondary N) is 1. The minimum atomic E-state index is -0.526. The third kappa shape index (κ3) is 4.17. The van der Waals surface area contributed by atoms with E-state index in [4.69, 9.17) is 9.47 Å². The van der Waals surface area contributed by atoms with Crippen LogP contribution in [0.15, 0.2) is 24.3 Å². The Morgan fingerprint density at radius 3 is 2.42 bits per heavy atom. The Morgan fingerprint density at radius 2 is 1.70 bits per heavy atom. The topological polar surface area (TPSA) is 91.2 Å². The summed E-state index contributed by atoms with van der Waals surface area (Å²) in [5, 5.41) is 7.58. The number of amides is 1. The van der Waals surface area contributed by atoms with E-state index in [1.165, 1.54) is 6.42 Å². The van der Waals surface area contributed by atoms with E-state index < -0.39 is 5.79 Å². The summed E-state index contributed by atoms with van der Waals surface area (Å²) in [5.41, 5.74) is 4.96. The lowest BCUT2D eigenvalue weighted by Gasteiger charge is -2.31. The van der Waals surface area contributed by atoms with Crippen LogP contribution in [0.4, 0.5) is 5.69 Å². The minimum Gasteiger partial charge on any atom is -0.448 e. The van der Waals surface area contributed by atoms with Crippen LogP contribution in [0.5, 0.6) is 11.5 Å². The number of carbonyl (C=O) groups is 1. The van der Waals surface area contributed by atoms with Crippen molar-refractivity contribution in [3.63, 3.8) is 0 Å². The van der Waals surface area contributed by atoms with Gasteiger partial charge in [-0.1, -0.05) is 6.42 Å². The Kier molecular flexibility index (Phi) is 5.31. The third-order valence-corrected chi connectivity index (χ3v) is 6.37. The number of fused-ring (bicyclic) bond motifs is 1. The molecule has 3 heterocycles. The number of hydrogen-bond donors (Lipinski definition) is 1. The second-order valence-corrected chi connectivity index (χ2v) is 9.07. The molecule has 172 valence electrons. The lowest BCUT2D eigenvalue weighted by Crippen LogP contribution is -2.40. The zero-order valence-corrected chi connectivity index (χ0v) is 19.6. The van der Waals surface area contributed by atoms with Gasteiger partial charge >= 0.3 is 0 Å². The van der Waals surface area contributed by atoms with Crippen molar-refractivity contribution in [1.82, 2.24) is 19.7 Å². The molecule has 1 saturated carbocycles. The van der Waals surface area contributed by atoms with Crippen molar-refractivity contribution >= 4 is 11.6 Å². The van der Waals surface area contributed by atoms with E-state index in [2.05, 4.69) is 20.4 Å². The Balaban J connectivity index is 1.31. The molecule has 0 atom stereocenters. The highest BCUT2D eigenvalue weighted by atomic mass is 16.7. The van der Waals surface area contributed by atoms with Gasteiger partial charge in [0.15, 0.2) is 11.5 Å². The Morgan fingerprint density at radius 1 is 1.00 bits per heavy atom. The van der Waals surface area contributed by atoms with Crippen LogP contribution in [0.2, 0.25) is 0 Å². The highest BCUT2D eigenvalue weighted by Crippen LogP contribution is 2.46. The number of rotatable bonds is 4. The second-order valence-electron chi connectivity index (χ2n) is 9.07. The molecule has 1 aliphatic carbocycles. The van der Waals surface area contributed by atoms with Crippen molar-refractivity contribution in [1.29, 1.82) is 0 Å². The molecule has 8 heteroatoms. The predicted molar refractivity (Wildman–Crippen MR) is 124 cm³/mol. The third-order valence-electron chi connectivity index (χ3n) is 6.37. The van der Waals surface area contributed by atoms with E-state index in [0.717, 1.165) is 59.8 Å². The molecule has 5 rings (SSSR count). The smallest absolute Gasteiger partial charge is 0.251 e. The first-order chi connectivity index (χ1) is 15.8. The van der Waals surface area contributed by atoms with Crippen LogP contribution in [0, 0.1) is 27.7 Å². The second kappa shape index (κ2) is 8.17. The Hall–Kier alpha value is -3.42. The molecule has 0 bridgehead atoms. The van der Waals surface area contributed by atoms with Crippen LogP contribution in [-0.4, -0.2) is 31.4 Å². The van der Waals surface area contributed by atoms with Gasteiger partial charge in [0.1, 0.15) is 0 Å². The van der Waals surface area contributed by atoms with E-state index in [-0.39, 0.29) is 12.3 Å². The van der Waals surface area contributed by atoms with Gasteiger partial charge < -0.3 is 14.8 Å². The standard InChI is InChI=1S/C25H29N5O3/c1-15-12-16(2)27-24(26-15)30-18(4)20(17(3)29-30)14-23(31)28-19-8-9-21-22(13-19)33-25(32-21)10-6-5-7-11-25/h8-9,12-13H,5-7,10-11,14H2,1-4H3,(H,28,31). The van der Waals surface area contributed by atoms with Crippen LogP contribution in [-0.2, 0) is 11.2 Å². The van der Waals surface area contributed by atoms with Gasteiger partial charge in [-0.25, -0.2) is 14.6 Å². The molecule has 0 unspecified atom stereocenters. The van der Waals surface area contributed by atoms with Crippen LogP contribution in [0.25, 0.3) is 5.95 Å². The summed E-state index contributed by atoms with van der Waals surface area (Å²) in [6.07, 6.45) is 5.44. The fourth-order valence-electron chi connectivity index (χ4n) is 4.76. The van der Waals surface area contributed by atoms with Gasteiger partial charge in [0, 0.05) is 47.2 Å². The van der Waals surface area contributed by atoms with E-state index >= 15 is 0 Å². The lowest BCUT2D eigenvalue weighted by atomic mass is 9.94. The van der Waals surface area contributed by atoms with Crippen LogP contribution in [0.1, 0.15) is 60.4 Å². The molecular weight excluding hydrogens is 418 g/mol. The summed E-state index contributed by atoms with van der Waals surface area (Å²) in [6.45, 7) is 7.70. The molecule has 1 aliphatic heterocycles. The molecule has 2 aliphatic rings. The van der Waals surface area contributed by atoms with Crippen molar-refractivity contribution in [2.75, 3.05) is 5.32 Å². The van der Waals surface area contributed by atoms with Gasteiger partial charge in [-0.2, -0.15) is 5.10 Å². The van der Waals surface area contributed by atoms with Crippen molar-refractivity contribution in [2.24, 2.45) is 0 Å². The zero-order valence-electron chi connectivity index (χ0n) is 19.6. The van der Waals surface area contributed by atoms with Crippen molar-refractivity contribution in [3.8, 4) is 17.4 Å². The molecule has 33 heavy (non-hydrogen) atoms. The van der Waals surface area contributed by atoms with Crippen LogP contribution >= 0.6 is 0 Å². The maximum Gasteiger partial charge on any atom is 0.251 e. The number of aromatic nitrogens is 4. The van der Waals surface area contributed by atoms with E-state index in [9.17, 15) is 4.79 Å². The fraction of sp³-hybridized carbons (Fsp3) is 0.440. The number of carbonyl (C=O) groups excluding carboxylic acids is 1. The monoisotopic (exact) mass is 447 g/mol. The SMILES string of the molecule is Cc1cc(C)nc(-n2nc(C)c(CC(=O)Nc3ccc4c(c3)OC3(CCCCC3)O4)c2C)n1. The maximum absolute atomic E-state index is 12.9. The Labute approximate surface area is 193 Å². The summed E-state index contributed by atoms with van der Waals surface area (Å²) < 4.78 is 14.0. The van der Waals surface area contributed by atoms with Gasteiger partial charge in [-0.05, 0) is 58.7 Å². The van der Waals surface area contributed by atoms with Gasteiger partial charge in [-0.15, -0.1) is 0 Å². The summed E-state index contributed by atoms with van der Waals surface area (Å²) >= 11 is 0. The first-order valence-corrected chi connectivity index (χ1v) is 11.5. The lowest BCUT2D eigenvalue weighted by molar-refractivity contribution is -0.115. The normalized spacial score (nSPS) is 16.2.